The molecule has 1 heterocycles. The van der Waals surface area contributed by atoms with Gasteiger partial charge in [0.15, 0.2) is 0 Å². The SMILES string of the molecule is Cc1cc(F)cc(C(=O)NCC2CCN(CCNS(=O)(=O)C(F)(F)F)CC2)c1. The molecule has 6 nitrogen and oxygen atoms in total. The normalized spacial score (nSPS) is 16.9. The first-order chi connectivity index (χ1) is 13.0. The summed E-state index contributed by atoms with van der Waals surface area (Å²) in [4.78, 5) is 14.0. The van der Waals surface area contributed by atoms with Gasteiger partial charge in [0.25, 0.3) is 5.91 Å². The number of amides is 1. The highest BCUT2D eigenvalue weighted by Gasteiger charge is 2.45. The van der Waals surface area contributed by atoms with Crippen molar-refractivity contribution in [3.8, 4) is 0 Å². The molecule has 11 heteroatoms. The van der Waals surface area contributed by atoms with E-state index in [2.05, 4.69) is 5.32 Å². The number of carbonyl (C=O) groups excluding carboxylic acids is 1. The molecule has 1 fully saturated rings. The fourth-order valence-electron chi connectivity index (χ4n) is 3.04. The molecule has 0 radical (unpaired) electrons. The van der Waals surface area contributed by atoms with Crippen molar-refractivity contribution in [1.82, 2.24) is 14.9 Å². The number of nitrogens with zero attached hydrogens (tertiary/aromatic N) is 1. The number of hydrogen-bond donors (Lipinski definition) is 2. The predicted octanol–water partition coefficient (Wildman–Crippen LogP) is 2.02. The topological polar surface area (TPSA) is 78.5 Å². The molecule has 0 saturated carbocycles. The minimum absolute atomic E-state index is 0.178. The maximum atomic E-state index is 13.4. The van der Waals surface area contributed by atoms with Crippen LogP contribution in [0.25, 0.3) is 0 Å². The zero-order chi connectivity index (χ0) is 20.9. The lowest BCUT2D eigenvalue weighted by atomic mass is 9.96. The van der Waals surface area contributed by atoms with Crippen molar-refractivity contribution in [2.24, 2.45) is 5.92 Å². The first-order valence-corrected chi connectivity index (χ1v) is 10.3. The number of rotatable bonds is 7. The quantitative estimate of drug-likeness (QED) is 0.656. The van der Waals surface area contributed by atoms with Crippen molar-refractivity contribution in [2.75, 3.05) is 32.7 Å². The van der Waals surface area contributed by atoms with Gasteiger partial charge in [-0.05, 0) is 62.5 Å². The molecule has 1 aliphatic heterocycles. The van der Waals surface area contributed by atoms with Gasteiger partial charge in [-0.25, -0.2) is 17.5 Å². The average Bonchev–Trinajstić information content (AvgIpc) is 2.59. The van der Waals surface area contributed by atoms with Crippen molar-refractivity contribution in [3.05, 3.63) is 35.1 Å². The van der Waals surface area contributed by atoms with Gasteiger partial charge < -0.3 is 10.2 Å². The number of benzene rings is 1. The molecule has 0 atom stereocenters. The molecule has 1 aromatic carbocycles. The molecular weight excluding hydrogens is 402 g/mol. The Kier molecular flexibility index (Phi) is 7.40. The number of likely N-dealkylation sites (tertiary alicyclic amines) is 1. The van der Waals surface area contributed by atoms with Crippen LogP contribution in [0.3, 0.4) is 0 Å². The molecule has 0 spiro atoms. The first-order valence-electron chi connectivity index (χ1n) is 8.81. The summed E-state index contributed by atoms with van der Waals surface area (Å²) in [6, 6.07) is 4.11. The van der Waals surface area contributed by atoms with Gasteiger partial charge in [-0.3, -0.25) is 4.79 Å². The van der Waals surface area contributed by atoms with Crippen LogP contribution < -0.4 is 10.0 Å². The van der Waals surface area contributed by atoms with Gasteiger partial charge >= 0.3 is 15.5 Å². The van der Waals surface area contributed by atoms with E-state index in [1.165, 1.54) is 12.1 Å². The second-order valence-corrected chi connectivity index (χ2v) is 8.61. The van der Waals surface area contributed by atoms with Crippen LogP contribution in [0.4, 0.5) is 17.6 Å². The summed E-state index contributed by atoms with van der Waals surface area (Å²) in [5.74, 6) is -0.632. The Morgan fingerprint density at radius 1 is 1.21 bits per heavy atom. The van der Waals surface area contributed by atoms with Crippen LogP contribution in [0.5, 0.6) is 0 Å². The van der Waals surface area contributed by atoms with Crippen LogP contribution in [0.2, 0.25) is 0 Å². The van der Waals surface area contributed by atoms with Gasteiger partial charge in [0.1, 0.15) is 5.82 Å². The molecule has 2 N–H and O–H groups in total. The van der Waals surface area contributed by atoms with Gasteiger partial charge in [0.2, 0.25) is 0 Å². The largest absolute Gasteiger partial charge is 0.511 e. The number of carbonyl (C=O) groups is 1. The van der Waals surface area contributed by atoms with Gasteiger partial charge in [-0.2, -0.15) is 13.2 Å². The molecule has 0 aromatic heterocycles. The molecule has 1 aliphatic rings. The number of piperidine rings is 1. The molecule has 1 aromatic rings. The van der Waals surface area contributed by atoms with E-state index in [1.807, 2.05) is 4.90 Å². The van der Waals surface area contributed by atoms with E-state index in [0.29, 0.717) is 38.0 Å². The lowest BCUT2D eigenvalue weighted by Crippen LogP contribution is -2.44. The van der Waals surface area contributed by atoms with Crippen LogP contribution in [0.15, 0.2) is 18.2 Å². The van der Waals surface area contributed by atoms with Crippen molar-refractivity contribution in [2.45, 2.75) is 25.3 Å². The lowest BCUT2D eigenvalue weighted by Gasteiger charge is -2.32. The highest BCUT2D eigenvalue weighted by Crippen LogP contribution is 2.21. The minimum Gasteiger partial charge on any atom is -0.352 e. The summed E-state index contributed by atoms with van der Waals surface area (Å²) in [5.41, 5.74) is -4.40. The van der Waals surface area contributed by atoms with Crippen molar-refractivity contribution >= 4 is 15.9 Å². The van der Waals surface area contributed by atoms with E-state index in [-0.39, 0.29) is 30.5 Å². The minimum atomic E-state index is -5.31. The smallest absolute Gasteiger partial charge is 0.352 e. The van der Waals surface area contributed by atoms with Crippen molar-refractivity contribution in [3.63, 3.8) is 0 Å². The first kappa shape index (κ1) is 22.6. The summed E-state index contributed by atoms with van der Waals surface area (Å²) in [5, 5.41) is 2.78. The Morgan fingerprint density at radius 3 is 2.43 bits per heavy atom. The Balaban J connectivity index is 1.70. The fraction of sp³-hybridized carbons (Fsp3) is 0.588. The molecule has 1 amide bonds. The number of hydrogen-bond acceptors (Lipinski definition) is 4. The zero-order valence-electron chi connectivity index (χ0n) is 15.4. The second kappa shape index (κ2) is 9.19. The summed E-state index contributed by atoms with van der Waals surface area (Å²) in [7, 11) is -5.31. The van der Waals surface area contributed by atoms with Crippen LogP contribution in [0, 0.1) is 18.7 Å². The van der Waals surface area contributed by atoms with Crippen molar-refractivity contribution < 1.29 is 30.8 Å². The van der Waals surface area contributed by atoms with E-state index in [0.717, 1.165) is 0 Å². The standard InChI is InChI=1S/C17H23F4N3O3S/c1-12-8-14(10-15(18)9-12)16(25)22-11-13-2-5-24(6-3-13)7-4-23-28(26,27)17(19,20)21/h8-10,13,23H,2-7,11H2,1H3,(H,22,25). The molecular formula is C17H23F4N3O3S. The monoisotopic (exact) mass is 425 g/mol. The molecule has 28 heavy (non-hydrogen) atoms. The Hall–Kier alpha value is -1.72. The number of halogens is 4. The van der Waals surface area contributed by atoms with Crippen LogP contribution in [-0.4, -0.2) is 57.5 Å². The van der Waals surface area contributed by atoms with E-state index in [9.17, 15) is 30.8 Å². The molecule has 0 aliphatic carbocycles. The average molecular weight is 425 g/mol. The summed E-state index contributed by atoms with van der Waals surface area (Å²) < 4.78 is 73.5. The third-order valence-electron chi connectivity index (χ3n) is 4.59. The number of sulfonamides is 1. The van der Waals surface area contributed by atoms with Crippen molar-refractivity contribution in [1.29, 1.82) is 0 Å². The molecule has 0 bridgehead atoms. The zero-order valence-corrected chi connectivity index (χ0v) is 16.2. The summed E-state index contributed by atoms with van der Waals surface area (Å²) in [6.45, 7) is 3.16. The molecule has 1 saturated heterocycles. The lowest BCUT2D eigenvalue weighted by molar-refractivity contribution is -0.0448. The maximum Gasteiger partial charge on any atom is 0.511 e. The van der Waals surface area contributed by atoms with Gasteiger partial charge in [0.05, 0.1) is 0 Å². The van der Waals surface area contributed by atoms with Gasteiger partial charge in [0, 0.05) is 25.2 Å². The van der Waals surface area contributed by atoms with Gasteiger partial charge in [-0.1, -0.05) is 0 Å². The molecule has 158 valence electrons. The van der Waals surface area contributed by atoms with E-state index in [1.54, 1.807) is 17.7 Å². The van der Waals surface area contributed by atoms with Gasteiger partial charge in [-0.15, -0.1) is 0 Å². The Labute approximate surface area is 161 Å². The molecule has 0 unspecified atom stereocenters. The van der Waals surface area contributed by atoms with Crippen LogP contribution >= 0.6 is 0 Å². The molecule has 2 rings (SSSR count). The maximum absolute atomic E-state index is 13.4. The summed E-state index contributed by atoms with van der Waals surface area (Å²) >= 11 is 0. The number of nitrogens with one attached hydrogen (secondary N) is 2. The third-order valence-corrected chi connectivity index (χ3v) is 5.78. The second-order valence-electron chi connectivity index (χ2n) is 6.86. The predicted molar refractivity (Wildman–Crippen MR) is 95.6 cm³/mol. The van der Waals surface area contributed by atoms with E-state index < -0.39 is 21.3 Å². The summed E-state index contributed by atoms with van der Waals surface area (Å²) in [6.07, 6.45) is 1.43. The van der Waals surface area contributed by atoms with E-state index in [4.69, 9.17) is 0 Å². The van der Waals surface area contributed by atoms with Crippen LogP contribution in [-0.2, 0) is 10.0 Å². The number of alkyl halides is 3. The fourth-order valence-corrected chi connectivity index (χ4v) is 3.56. The number of aryl methyl sites for hydroxylation is 1. The highest BCUT2D eigenvalue weighted by molar-refractivity contribution is 7.90. The highest BCUT2D eigenvalue weighted by atomic mass is 32.2. The Morgan fingerprint density at radius 2 is 1.86 bits per heavy atom. The van der Waals surface area contributed by atoms with E-state index >= 15 is 0 Å². The van der Waals surface area contributed by atoms with Crippen LogP contribution in [0.1, 0.15) is 28.8 Å². The third kappa shape index (κ3) is 6.42. The Bertz CT molecular complexity index is 771.